The van der Waals surface area contributed by atoms with Gasteiger partial charge in [-0.1, -0.05) is 6.07 Å². The van der Waals surface area contributed by atoms with Crippen molar-refractivity contribution in [2.24, 2.45) is 0 Å². The number of rotatable bonds is 4. The van der Waals surface area contributed by atoms with E-state index in [9.17, 15) is 0 Å². The third kappa shape index (κ3) is 2.67. The van der Waals surface area contributed by atoms with Gasteiger partial charge in [0.05, 0.1) is 5.39 Å². The molecular formula is C18H15N7. The summed E-state index contributed by atoms with van der Waals surface area (Å²) in [6.45, 7) is 0. The fourth-order valence-electron chi connectivity index (χ4n) is 2.72. The molecule has 0 unspecified atom stereocenters. The highest BCUT2D eigenvalue weighted by molar-refractivity contribution is 6.01. The van der Waals surface area contributed by atoms with Crippen LogP contribution in [0.5, 0.6) is 0 Å². The molecule has 25 heavy (non-hydrogen) atoms. The first kappa shape index (κ1) is 14.8. The minimum Gasteiger partial charge on any atom is -0.398 e. The minimum atomic E-state index is 0.561. The van der Waals surface area contributed by atoms with Gasteiger partial charge in [0.15, 0.2) is 0 Å². The van der Waals surface area contributed by atoms with Crippen molar-refractivity contribution in [3.63, 3.8) is 0 Å². The zero-order valence-corrected chi connectivity index (χ0v) is 13.2. The molecule has 0 bridgehead atoms. The SMILES string of the molecule is N=Cc1cc(Nc2ncnc3[nH]cc(-c4cccnc4)c23)ccc1N. The lowest BCUT2D eigenvalue weighted by molar-refractivity contribution is 1.20. The van der Waals surface area contributed by atoms with Gasteiger partial charge in [-0.05, 0) is 24.3 Å². The molecule has 0 saturated carbocycles. The first-order chi connectivity index (χ1) is 12.3. The first-order valence-corrected chi connectivity index (χ1v) is 7.66. The highest BCUT2D eigenvalue weighted by Gasteiger charge is 2.13. The topological polar surface area (TPSA) is 116 Å². The smallest absolute Gasteiger partial charge is 0.143 e. The monoisotopic (exact) mass is 329 g/mol. The summed E-state index contributed by atoms with van der Waals surface area (Å²) < 4.78 is 0. The molecular weight excluding hydrogens is 314 g/mol. The molecule has 4 aromatic rings. The van der Waals surface area contributed by atoms with E-state index in [2.05, 4.69) is 25.3 Å². The molecule has 5 N–H and O–H groups in total. The van der Waals surface area contributed by atoms with Gasteiger partial charge in [0.25, 0.3) is 0 Å². The average Bonchev–Trinajstić information content (AvgIpc) is 3.09. The quantitative estimate of drug-likeness (QED) is 0.338. The van der Waals surface area contributed by atoms with Crippen molar-refractivity contribution in [2.45, 2.75) is 0 Å². The summed E-state index contributed by atoms with van der Waals surface area (Å²) in [5, 5.41) is 11.6. The molecule has 0 aliphatic carbocycles. The molecule has 0 saturated heterocycles. The molecule has 3 heterocycles. The summed E-state index contributed by atoms with van der Waals surface area (Å²) in [6.07, 6.45) is 8.17. The maximum atomic E-state index is 7.44. The standard InChI is InChI=1S/C18H15N7/c19-7-12-6-13(3-4-15(12)20)25-18-16-14(11-2-1-5-21-8-11)9-22-17(16)23-10-24-18/h1-10,19H,20H2,(H2,22,23,24,25). The van der Waals surface area contributed by atoms with E-state index in [1.807, 2.05) is 30.5 Å². The number of H-pyrrole nitrogens is 1. The van der Waals surface area contributed by atoms with E-state index in [4.69, 9.17) is 11.1 Å². The number of fused-ring (bicyclic) bond motifs is 1. The number of anilines is 3. The van der Waals surface area contributed by atoms with Crippen LogP contribution in [0.1, 0.15) is 5.56 Å². The average molecular weight is 329 g/mol. The highest BCUT2D eigenvalue weighted by Crippen LogP contribution is 2.33. The van der Waals surface area contributed by atoms with Crippen molar-refractivity contribution in [3.05, 3.63) is 60.8 Å². The van der Waals surface area contributed by atoms with Gasteiger partial charge in [-0.2, -0.15) is 0 Å². The normalized spacial score (nSPS) is 10.7. The van der Waals surface area contributed by atoms with Crippen LogP contribution in [0, 0.1) is 5.41 Å². The molecule has 0 radical (unpaired) electrons. The van der Waals surface area contributed by atoms with E-state index < -0.39 is 0 Å². The summed E-state index contributed by atoms with van der Waals surface area (Å²) in [5.74, 6) is 0.672. The van der Waals surface area contributed by atoms with Crippen LogP contribution in [-0.4, -0.2) is 26.2 Å². The summed E-state index contributed by atoms with van der Waals surface area (Å²) >= 11 is 0. The number of nitrogens with zero attached hydrogens (tertiary/aromatic N) is 3. The largest absolute Gasteiger partial charge is 0.398 e. The fourth-order valence-corrected chi connectivity index (χ4v) is 2.72. The number of nitrogens with two attached hydrogens (primary N) is 1. The summed E-state index contributed by atoms with van der Waals surface area (Å²) in [6, 6.07) is 9.31. The number of hydrogen-bond acceptors (Lipinski definition) is 6. The van der Waals surface area contributed by atoms with Crippen LogP contribution >= 0.6 is 0 Å². The van der Waals surface area contributed by atoms with Crippen molar-refractivity contribution in [3.8, 4) is 11.1 Å². The molecule has 0 spiro atoms. The Hall–Kier alpha value is -3.74. The second-order valence-electron chi connectivity index (χ2n) is 5.50. The van der Waals surface area contributed by atoms with Gasteiger partial charge in [-0.25, -0.2) is 9.97 Å². The molecule has 122 valence electrons. The van der Waals surface area contributed by atoms with Crippen LogP contribution in [0.4, 0.5) is 17.2 Å². The Morgan fingerprint density at radius 3 is 2.92 bits per heavy atom. The van der Waals surface area contributed by atoms with Gasteiger partial charge in [-0.3, -0.25) is 4.98 Å². The number of hydrogen-bond donors (Lipinski definition) is 4. The first-order valence-electron chi connectivity index (χ1n) is 7.66. The third-order valence-corrected chi connectivity index (χ3v) is 3.95. The number of benzene rings is 1. The second kappa shape index (κ2) is 6.04. The van der Waals surface area contributed by atoms with E-state index in [1.54, 1.807) is 18.5 Å². The molecule has 0 aliphatic heterocycles. The van der Waals surface area contributed by atoms with Crippen molar-refractivity contribution >= 4 is 34.4 Å². The molecule has 0 atom stereocenters. The number of nitrogens with one attached hydrogen (secondary N) is 3. The van der Waals surface area contributed by atoms with Gasteiger partial charge in [-0.15, -0.1) is 0 Å². The lowest BCUT2D eigenvalue weighted by atomic mass is 10.1. The molecule has 3 aromatic heterocycles. The van der Waals surface area contributed by atoms with E-state index in [1.165, 1.54) is 12.5 Å². The van der Waals surface area contributed by atoms with Crippen LogP contribution in [-0.2, 0) is 0 Å². The predicted octanol–water partition coefficient (Wildman–Crippen LogP) is 3.34. The van der Waals surface area contributed by atoms with Crippen LogP contribution < -0.4 is 11.1 Å². The number of aromatic nitrogens is 4. The number of aromatic amines is 1. The molecule has 0 amide bonds. The zero-order chi connectivity index (χ0) is 17.2. The van der Waals surface area contributed by atoms with Crippen molar-refractivity contribution < 1.29 is 0 Å². The van der Waals surface area contributed by atoms with E-state index in [0.717, 1.165) is 27.8 Å². The van der Waals surface area contributed by atoms with Crippen LogP contribution in [0.25, 0.3) is 22.2 Å². The molecule has 4 rings (SSSR count). The summed E-state index contributed by atoms with van der Waals surface area (Å²) in [7, 11) is 0. The predicted molar refractivity (Wildman–Crippen MR) is 99.1 cm³/mol. The Kier molecular flexibility index (Phi) is 3.59. The lowest BCUT2D eigenvalue weighted by Gasteiger charge is -2.10. The molecule has 7 nitrogen and oxygen atoms in total. The number of pyridine rings is 1. The van der Waals surface area contributed by atoms with Gasteiger partial charge in [0, 0.05) is 52.9 Å². The highest BCUT2D eigenvalue weighted by atomic mass is 15.0. The van der Waals surface area contributed by atoms with Crippen LogP contribution in [0.15, 0.2) is 55.2 Å². The third-order valence-electron chi connectivity index (χ3n) is 3.95. The Balaban J connectivity index is 1.82. The maximum absolute atomic E-state index is 7.44. The summed E-state index contributed by atoms with van der Waals surface area (Å²) in [4.78, 5) is 16.0. The van der Waals surface area contributed by atoms with Gasteiger partial charge in [0.2, 0.25) is 0 Å². The fraction of sp³-hybridized carbons (Fsp3) is 0. The van der Waals surface area contributed by atoms with Crippen molar-refractivity contribution in [2.75, 3.05) is 11.1 Å². The Morgan fingerprint density at radius 2 is 2.12 bits per heavy atom. The Labute approximate surface area is 143 Å². The van der Waals surface area contributed by atoms with E-state index in [-0.39, 0.29) is 0 Å². The lowest BCUT2D eigenvalue weighted by Crippen LogP contribution is -1.98. The van der Waals surface area contributed by atoms with Gasteiger partial charge >= 0.3 is 0 Å². The van der Waals surface area contributed by atoms with Crippen LogP contribution in [0.3, 0.4) is 0 Å². The molecule has 1 aromatic carbocycles. The van der Waals surface area contributed by atoms with Crippen molar-refractivity contribution in [1.29, 1.82) is 5.41 Å². The van der Waals surface area contributed by atoms with Crippen molar-refractivity contribution in [1.82, 2.24) is 19.9 Å². The van der Waals surface area contributed by atoms with Gasteiger partial charge < -0.3 is 21.4 Å². The molecule has 0 fully saturated rings. The van der Waals surface area contributed by atoms with E-state index in [0.29, 0.717) is 17.1 Å². The Bertz CT molecular complexity index is 1050. The second-order valence-corrected chi connectivity index (χ2v) is 5.50. The van der Waals surface area contributed by atoms with Crippen LogP contribution in [0.2, 0.25) is 0 Å². The minimum absolute atomic E-state index is 0.561. The Morgan fingerprint density at radius 1 is 1.20 bits per heavy atom. The molecule has 7 heteroatoms. The molecule has 0 aliphatic rings. The zero-order valence-electron chi connectivity index (χ0n) is 13.2. The van der Waals surface area contributed by atoms with Gasteiger partial charge in [0.1, 0.15) is 17.8 Å². The summed E-state index contributed by atoms with van der Waals surface area (Å²) in [5.41, 5.74) is 10.5. The maximum Gasteiger partial charge on any atom is 0.143 e. The number of nitrogen functional groups attached to an aromatic ring is 1. The van der Waals surface area contributed by atoms with E-state index >= 15 is 0 Å².